The number of nitrogens with zero attached hydrogens (tertiary/aromatic N) is 4. The Morgan fingerprint density at radius 2 is 1.95 bits per heavy atom. The van der Waals surface area contributed by atoms with E-state index in [0.29, 0.717) is 17.6 Å². The van der Waals surface area contributed by atoms with Crippen LogP contribution >= 0.6 is 0 Å². The van der Waals surface area contributed by atoms with Gasteiger partial charge in [-0.05, 0) is 24.6 Å². The monoisotopic (exact) mass is 272 g/mol. The molecule has 5 nitrogen and oxygen atoms in total. The predicted molar refractivity (Wildman–Crippen MR) is 73.0 cm³/mol. The van der Waals surface area contributed by atoms with Gasteiger partial charge in [0.1, 0.15) is 11.3 Å². The number of hydrogen-bond donors (Lipinski definition) is 0. The molecule has 0 unspecified atom stereocenters. The minimum absolute atomic E-state index is 0.151. The van der Waals surface area contributed by atoms with Crippen LogP contribution in [0.1, 0.15) is 11.3 Å². The molecule has 0 amide bonds. The lowest BCUT2D eigenvalue weighted by molar-refractivity contribution is 0.626. The molecular formula is C14H13FN4O. The molecule has 0 aliphatic carbocycles. The summed E-state index contributed by atoms with van der Waals surface area (Å²) in [6.07, 6.45) is 1.50. The zero-order valence-corrected chi connectivity index (χ0v) is 11.2. The van der Waals surface area contributed by atoms with Crippen molar-refractivity contribution in [2.45, 2.75) is 13.5 Å². The third-order valence-corrected chi connectivity index (χ3v) is 3.25. The van der Waals surface area contributed by atoms with Crippen molar-refractivity contribution in [3.63, 3.8) is 0 Å². The molecule has 0 bridgehead atoms. The van der Waals surface area contributed by atoms with Gasteiger partial charge in [-0.2, -0.15) is 5.10 Å². The van der Waals surface area contributed by atoms with Crippen LogP contribution in [0.5, 0.6) is 0 Å². The topological polar surface area (TPSA) is 52.7 Å². The molecule has 0 atom stereocenters. The maximum Gasteiger partial charge on any atom is 0.279 e. The smallest absolute Gasteiger partial charge is 0.279 e. The van der Waals surface area contributed by atoms with E-state index in [2.05, 4.69) is 10.1 Å². The molecule has 2 heterocycles. The Labute approximate surface area is 114 Å². The highest BCUT2D eigenvalue weighted by molar-refractivity contribution is 5.75. The van der Waals surface area contributed by atoms with Crippen LogP contribution in [-0.2, 0) is 13.6 Å². The first-order valence-corrected chi connectivity index (χ1v) is 6.19. The molecule has 3 aromatic rings. The maximum absolute atomic E-state index is 12.9. The van der Waals surface area contributed by atoms with Gasteiger partial charge in [0.05, 0.1) is 18.6 Å². The molecule has 0 saturated carbocycles. The number of benzene rings is 1. The van der Waals surface area contributed by atoms with Gasteiger partial charge >= 0.3 is 0 Å². The van der Waals surface area contributed by atoms with Crippen LogP contribution in [-0.4, -0.2) is 19.3 Å². The fourth-order valence-electron chi connectivity index (χ4n) is 2.26. The van der Waals surface area contributed by atoms with E-state index in [4.69, 9.17) is 0 Å². The Hall–Kier alpha value is -2.50. The quantitative estimate of drug-likeness (QED) is 0.712. The van der Waals surface area contributed by atoms with E-state index in [1.54, 1.807) is 23.9 Å². The standard InChI is InChI=1S/C14H13FN4O/c1-9-12-13(18(2)17-9)14(20)19(8-16-12)7-10-3-5-11(15)6-4-10/h3-6,8H,7H2,1-2H3. The summed E-state index contributed by atoms with van der Waals surface area (Å²) in [7, 11) is 1.72. The fraction of sp³-hybridized carbons (Fsp3) is 0.214. The van der Waals surface area contributed by atoms with Crippen LogP contribution in [0.3, 0.4) is 0 Å². The maximum atomic E-state index is 12.9. The summed E-state index contributed by atoms with van der Waals surface area (Å²) in [5.74, 6) is -0.295. The molecule has 2 aromatic heterocycles. The van der Waals surface area contributed by atoms with Crippen molar-refractivity contribution in [2.24, 2.45) is 7.05 Å². The summed E-state index contributed by atoms with van der Waals surface area (Å²) >= 11 is 0. The molecule has 0 N–H and O–H groups in total. The molecular weight excluding hydrogens is 259 g/mol. The average Bonchev–Trinajstić information content (AvgIpc) is 2.71. The largest absolute Gasteiger partial charge is 0.293 e. The van der Waals surface area contributed by atoms with Crippen LogP contribution in [0.4, 0.5) is 4.39 Å². The zero-order chi connectivity index (χ0) is 14.3. The fourth-order valence-corrected chi connectivity index (χ4v) is 2.26. The Balaban J connectivity index is 2.09. The van der Waals surface area contributed by atoms with E-state index < -0.39 is 0 Å². The van der Waals surface area contributed by atoms with Crippen molar-refractivity contribution < 1.29 is 4.39 Å². The highest BCUT2D eigenvalue weighted by atomic mass is 19.1. The Morgan fingerprint density at radius 3 is 2.65 bits per heavy atom. The minimum atomic E-state index is -0.295. The van der Waals surface area contributed by atoms with Gasteiger partial charge in [-0.3, -0.25) is 14.0 Å². The normalized spacial score (nSPS) is 11.2. The summed E-state index contributed by atoms with van der Waals surface area (Å²) in [5.41, 5.74) is 2.52. The summed E-state index contributed by atoms with van der Waals surface area (Å²) in [5, 5.41) is 4.20. The van der Waals surface area contributed by atoms with E-state index in [1.807, 2.05) is 6.92 Å². The van der Waals surface area contributed by atoms with E-state index in [0.717, 1.165) is 11.3 Å². The summed E-state index contributed by atoms with van der Waals surface area (Å²) in [6.45, 7) is 2.17. The third-order valence-electron chi connectivity index (χ3n) is 3.25. The summed E-state index contributed by atoms with van der Waals surface area (Å²) < 4.78 is 15.9. The van der Waals surface area contributed by atoms with E-state index in [-0.39, 0.29) is 11.4 Å². The molecule has 0 radical (unpaired) electrons. The molecule has 3 rings (SSSR count). The first kappa shape index (κ1) is 12.5. The summed E-state index contributed by atoms with van der Waals surface area (Å²) in [6, 6.07) is 6.06. The molecule has 0 spiro atoms. The van der Waals surface area contributed by atoms with Gasteiger partial charge < -0.3 is 0 Å². The lowest BCUT2D eigenvalue weighted by atomic mass is 10.2. The highest BCUT2D eigenvalue weighted by Gasteiger charge is 2.12. The zero-order valence-electron chi connectivity index (χ0n) is 11.2. The van der Waals surface area contributed by atoms with Crippen LogP contribution in [0.2, 0.25) is 0 Å². The number of rotatable bonds is 2. The summed E-state index contributed by atoms with van der Waals surface area (Å²) in [4.78, 5) is 16.7. The number of fused-ring (bicyclic) bond motifs is 1. The van der Waals surface area contributed by atoms with Gasteiger partial charge in [0.15, 0.2) is 5.52 Å². The van der Waals surface area contributed by atoms with Crippen LogP contribution in [0.15, 0.2) is 35.4 Å². The number of hydrogen-bond acceptors (Lipinski definition) is 3. The van der Waals surface area contributed by atoms with Crippen molar-refractivity contribution >= 4 is 11.0 Å². The van der Waals surface area contributed by atoms with E-state index in [9.17, 15) is 9.18 Å². The molecule has 20 heavy (non-hydrogen) atoms. The molecule has 6 heteroatoms. The van der Waals surface area contributed by atoms with Gasteiger partial charge in [0.2, 0.25) is 0 Å². The average molecular weight is 272 g/mol. The van der Waals surface area contributed by atoms with Crippen molar-refractivity contribution in [1.29, 1.82) is 0 Å². The Bertz CT molecular complexity index is 833. The van der Waals surface area contributed by atoms with E-state index in [1.165, 1.54) is 23.0 Å². The van der Waals surface area contributed by atoms with Crippen LogP contribution < -0.4 is 5.56 Å². The van der Waals surface area contributed by atoms with Crippen molar-refractivity contribution in [1.82, 2.24) is 19.3 Å². The van der Waals surface area contributed by atoms with Gasteiger partial charge in [-0.1, -0.05) is 12.1 Å². The third kappa shape index (κ3) is 1.99. The van der Waals surface area contributed by atoms with Gasteiger partial charge in [-0.25, -0.2) is 9.37 Å². The lowest BCUT2D eigenvalue weighted by Gasteiger charge is -2.05. The van der Waals surface area contributed by atoms with Crippen molar-refractivity contribution in [2.75, 3.05) is 0 Å². The van der Waals surface area contributed by atoms with Crippen LogP contribution in [0, 0.1) is 12.7 Å². The highest BCUT2D eigenvalue weighted by Crippen LogP contribution is 2.10. The van der Waals surface area contributed by atoms with Crippen molar-refractivity contribution in [3.8, 4) is 0 Å². The second-order valence-corrected chi connectivity index (χ2v) is 4.71. The molecule has 102 valence electrons. The first-order valence-electron chi connectivity index (χ1n) is 6.19. The van der Waals surface area contributed by atoms with Gasteiger partial charge in [0.25, 0.3) is 5.56 Å². The van der Waals surface area contributed by atoms with Gasteiger partial charge in [0, 0.05) is 7.05 Å². The molecule has 0 saturated heterocycles. The Kier molecular flexibility index (Phi) is 2.85. The number of halogens is 1. The SMILES string of the molecule is Cc1nn(C)c2c(=O)n(Cc3ccc(F)cc3)cnc12. The molecule has 0 aliphatic rings. The second kappa shape index (κ2) is 4.56. The molecule has 0 aliphatic heterocycles. The molecule has 1 aromatic carbocycles. The van der Waals surface area contributed by atoms with Crippen LogP contribution in [0.25, 0.3) is 11.0 Å². The first-order chi connectivity index (χ1) is 9.56. The minimum Gasteiger partial charge on any atom is -0.293 e. The molecule has 0 fully saturated rings. The Morgan fingerprint density at radius 1 is 1.25 bits per heavy atom. The van der Waals surface area contributed by atoms with E-state index >= 15 is 0 Å². The number of aryl methyl sites for hydroxylation is 2. The van der Waals surface area contributed by atoms with Gasteiger partial charge in [-0.15, -0.1) is 0 Å². The number of aromatic nitrogens is 4. The lowest BCUT2D eigenvalue weighted by Crippen LogP contribution is -2.22. The second-order valence-electron chi connectivity index (χ2n) is 4.71. The van der Waals surface area contributed by atoms with Crippen molar-refractivity contribution in [3.05, 3.63) is 58.0 Å². The predicted octanol–water partition coefficient (Wildman–Crippen LogP) is 1.63.